The van der Waals surface area contributed by atoms with Crippen LogP contribution in [0.2, 0.25) is 0 Å². The van der Waals surface area contributed by atoms with Crippen LogP contribution in [0.15, 0.2) is 57.2 Å². The van der Waals surface area contributed by atoms with Crippen LogP contribution in [0.4, 0.5) is 17.5 Å². The highest BCUT2D eigenvalue weighted by atomic mass is 32.1. The normalized spacial score (nSPS) is 13.8. The SMILES string of the molecule is CN(C)C(=O)c1cc2cnc(Nc3ccc(-c4csc5c(=O)cc(N(C)CCO)oc45)cc3)nc2n1C1CCCC1. The Morgan fingerprint density at radius 1 is 1.17 bits per heavy atom. The van der Waals surface area contributed by atoms with Crippen LogP contribution in [0.25, 0.3) is 32.4 Å². The number of carbonyl (C=O) groups excluding carboxylic acids is 1. The van der Waals surface area contributed by atoms with Crippen LogP contribution in [-0.4, -0.2) is 64.7 Å². The van der Waals surface area contributed by atoms with Gasteiger partial charge in [-0.2, -0.15) is 4.98 Å². The van der Waals surface area contributed by atoms with Crippen molar-refractivity contribution in [2.24, 2.45) is 0 Å². The lowest BCUT2D eigenvalue weighted by atomic mass is 10.1. The summed E-state index contributed by atoms with van der Waals surface area (Å²) in [6, 6.07) is 11.4. The van der Waals surface area contributed by atoms with Crippen molar-refractivity contribution >= 4 is 56.1 Å². The van der Waals surface area contributed by atoms with Crippen molar-refractivity contribution in [3.8, 4) is 11.1 Å². The van der Waals surface area contributed by atoms with Crippen LogP contribution in [0.1, 0.15) is 42.2 Å². The fraction of sp³-hybridized carbons (Fsp3) is 0.333. The second-order valence-electron chi connectivity index (χ2n) is 10.6. The van der Waals surface area contributed by atoms with Gasteiger partial charge in [-0.15, -0.1) is 11.3 Å². The molecule has 1 aliphatic rings. The lowest BCUT2D eigenvalue weighted by Crippen LogP contribution is -2.25. The topological polar surface area (TPSA) is 117 Å². The number of hydrogen-bond donors (Lipinski definition) is 2. The third-order valence-corrected chi connectivity index (χ3v) is 8.56. The van der Waals surface area contributed by atoms with Crippen LogP contribution in [-0.2, 0) is 0 Å². The molecule has 1 aliphatic carbocycles. The predicted molar refractivity (Wildman–Crippen MR) is 162 cm³/mol. The van der Waals surface area contributed by atoms with Gasteiger partial charge < -0.3 is 29.2 Å². The van der Waals surface area contributed by atoms with Gasteiger partial charge in [0.25, 0.3) is 5.91 Å². The molecule has 1 amide bonds. The van der Waals surface area contributed by atoms with Crippen molar-refractivity contribution in [3.63, 3.8) is 0 Å². The number of nitrogens with one attached hydrogen (secondary N) is 1. The summed E-state index contributed by atoms with van der Waals surface area (Å²) in [4.78, 5) is 38.4. The van der Waals surface area contributed by atoms with Gasteiger partial charge in [0.1, 0.15) is 16.0 Å². The minimum atomic E-state index is -0.106. The number of aliphatic hydroxyl groups is 1. The van der Waals surface area contributed by atoms with Crippen molar-refractivity contribution in [1.29, 1.82) is 0 Å². The van der Waals surface area contributed by atoms with Crippen LogP contribution < -0.4 is 15.6 Å². The molecule has 0 unspecified atom stereocenters. The Morgan fingerprint density at radius 3 is 2.63 bits per heavy atom. The quantitative estimate of drug-likeness (QED) is 0.259. The van der Waals surface area contributed by atoms with Gasteiger partial charge >= 0.3 is 0 Å². The average Bonchev–Trinajstić information content (AvgIpc) is 3.71. The zero-order chi connectivity index (χ0) is 28.7. The molecular weight excluding hydrogens is 540 g/mol. The third-order valence-electron chi connectivity index (χ3n) is 7.59. The Morgan fingerprint density at radius 2 is 1.93 bits per heavy atom. The van der Waals surface area contributed by atoms with Crippen molar-refractivity contribution in [2.75, 3.05) is 44.5 Å². The first-order chi connectivity index (χ1) is 19.8. The first-order valence-electron chi connectivity index (χ1n) is 13.7. The molecule has 212 valence electrons. The fourth-order valence-corrected chi connectivity index (χ4v) is 6.35. The van der Waals surface area contributed by atoms with E-state index in [1.165, 1.54) is 17.4 Å². The third kappa shape index (κ3) is 5.07. The highest BCUT2D eigenvalue weighted by Gasteiger charge is 2.26. The van der Waals surface area contributed by atoms with Crippen LogP contribution in [0.3, 0.4) is 0 Å². The second kappa shape index (κ2) is 11.0. The van der Waals surface area contributed by atoms with E-state index in [-0.39, 0.29) is 24.0 Å². The Kier molecular flexibility index (Phi) is 7.22. The molecule has 0 radical (unpaired) electrons. The number of fused-ring (bicyclic) bond motifs is 2. The number of likely N-dealkylation sites (N-methyl/N-ethyl adjacent to an activating group) is 1. The predicted octanol–water partition coefficient (Wildman–Crippen LogP) is 5.26. The van der Waals surface area contributed by atoms with Gasteiger partial charge in [0.15, 0.2) is 11.5 Å². The largest absolute Gasteiger partial charge is 0.439 e. The summed E-state index contributed by atoms with van der Waals surface area (Å²) in [5.74, 6) is 0.832. The number of benzene rings is 1. The van der Waals surface area contributed by atoms with Gasteiger partial charge in [-0.3, -0.25) is 9.59 Å². The van der Waals surface area contributed by atoms with Crippen molar-refractivity contribution in [1.82, 2.24) is 19.4 Å². The number of nitrogens with zero attached hydrogens (tertiary/aromatic N) is 5. The molecule has 41 heavy (non-hydrogen) atoms. The van der Waals surface area contributed by atoms with E-state index < -0.39 is 0 Å². The average molecular weight is 573 g/mol. The molecule has 1 fully saturated rings. The molecule has 2 N–H and O–H groups in total. The summed E-state index contributed by atoms with van der Waals surface area (Å²) in [5, 5.41) is 15.3. The lowest BCUT2D eigenvalue weighted by Gasteiger charge is -2.19. The number of thiophene rings is 1. The molecule has 4 aromatic heterocycles. The number of carbonyl (C=O) groups is 1. The second-order valence-corrected chi connectivity index (χ2v) is 11.5. The van der Waals surface area contributed by atoms with E-state index in [2.05, 4.69) is 14.9 Å². The van der Waals surface area contributed by atoms with Gasteiger partial charge in [-0.05, 0) is 36.6 Å². The van der Waals surface area contributed by atoms with E-state index >= 15 is 0 Å². The number of hydrogen-bond acceptors (Lipinski definition) is 9. The number of aliphatic hydroxyl groups excluding tert-OH is 1. The lowest BCUT2D eigenvalue weighted by molar-refractivity contribution is 0.0815. The van der Waals surface area contributed by atoms with Crippen molar-refractivity contribution in [3.05, 3.63) is 63.9 Å². The highest BCUT2D eigenvalue weighted by Crippen LogP contribution is 2.36. The van der Waals surface area contributed by atoms with E-state index in [9.17, 15) is 14.7 Å². The van der Waals surface area contributed by atoms with Gasteiger partial charge in [-0.25, -0.2) is 4.98 Å². The molecule has 1 saturated carbocycles. The highest BCUT2D eigenvalue weighted by molar-refractivity contribution is 7.17. The molecule has 0 spiro atoms. The molecule has 0 bridgehead atoms. The smallest absolute Gasteiger partial charge is 0.270 e. The zero-order valence-electron chi connectivity index (χ0n) is 23.3. The molecular formula is C30H32N6O4S. The maximum Gasteiger partial charge on any atom is 0.270 e. The summed E-state index contributed by atoms with van der Waals surface area (Å²) in [6.07, 6.45) is 6.12. The van der Waals surface area contributed by atoms with Crippen molar-refractivity contribution in [2.45, 2.75) is 31.7 Å². The van der Waals surface area contributed by atoms with Crippen LogP contribution in [0, 0.1) is 0 Å². The van der Waals surface area contributed by atoms with Crippen molar-refractivity contribution < 1.29 is 14.3 Å². The molecule has 0 atom stereocenters. The first-order valence-corrected chi connectivity index (χ1v) is 14.6. The standard InChI is InChI=1S/C30H32N6O4S/c1-34(2)29(39)23-14-19-16-31-30(33-28(19)36(23)21-6-4-5-7-21)32-20-10-8-18(9-11-20)22-17-41-27-24(38)15-25(40-26(22)27)35(3)12-13-37/h8-11,14-17,21,37H,4-7,12-13H2,1-3H3,(H,31,32,33). The van der Waals surface area contributed by atoms with E-state index in [0.717, 1.165) is 53.5 Å². The Balaban J connectivity index is 1.30. The summed E-state index contributed by atoms with van der Waals surface area (Å²) in [7, 11) is 5.31. The zero-order valence-corrected chi connectivity index (χ0v) is 24.1. The molecule has 4 heterocycles. The summed E-state index contributed by atoms with van der Waals surface area (Å²) in [5.41, 5.74) is 4.38. The molecule has 1 aromatic carbocycles. The monoisotopic (exact) mass is 572 g/mol. The molecule has 0 saturated heterocycles. The van der Waals surface area contributed by atoms with E-state index in [0.29, 0.717) is 34.4 Å². The Bertz CT molecular complexity index is 1780. The van der Waals surface area contributed by atoms with Gasteiger partial charge in [0.2, 0.25) is 11.4 Å². The number of amides is 1. The maximum atomic E-state index is 13.0. The summed E-state index contributed by atoms with van der Waals surface area (Å²) < 4.78 is 8.75. The molecule has 0 aliphatic heterocycles. The molecule has 11 heteroatoms. The fourth-order valence-electron chi connectivity index (χ4n) is 5.43. The number of aromatic nitrogens is 3. The van der Waals surface area contributed by atoms with Gasteiger partial charge in [0, 0.05) is 68.0 Å². The Hall–Kier alpha value is -4.22. The maximum absolute atomic E-state index is 13.0. The van der Waals surface area contributed by atoms with Crippen LogP contribution in [0.5, 0.6) is 0 Å². The molecule has 10 nitrogen and oxygen atoms in total. The Labute approximate surface area is 240 Å². The van der Waals surface area contributed by atoms with Crippen LogP contribution >= 0.6 is 11.3 Å². The minimum Gasteiger partial charge on any atom is -0.439 e. The number of anilines is 3. The van der Waals surface area contributed by atoms with E-state index in [1.54, 1.807) is 37.1 Å². The minimum absolute atomic E-state index is 0.0380. The molecule has 5 aromatic rings. The summed E-state index contributed by atoms with van der Waals surface area (Å²) >= 11 is 1.36. The van der Waals surface area contributed by atoms with Gasteiger partial charge in [-0.1, -0.05) is 25.0 Å². The van der Waals surface area contributed by atoms with E-state index in [4.69, 9.17) is 9.40 Å². The summed E-state index contributed by atoms with van der Waals surface area (Å²) in [6.45, 7) is 0.322. The number of rotatable bonds is 8. The first kappa shape index (κ1) is 27.0. The molecule has 6 rings (SSSR count). The van der Waals surface area contributed by atoms with E-state index in [1.807, 2.05) is 35.7 Å². The van der Waals surface area contributed by atoms with Gasteiger partial charge in [0.05, 0.1) is 6.61 Å².